The van der Waals surface area contributed by atoms with Crippen molar-refractivity contribution >= 4 is 16.8 Å². The van der Waals surface area contributed by atoms with Crippen LogP contribution in [0.5, 0.6) is 0 Å². The van der Waals surface area contributed by atoms with Crippen LogP contribution < -0.4 is 5.56 Å². The standard InChI is InChI=1S/C23H23F2N3O2/c1-15-26-21-5-3-2-4-19(21)23(30)28(15)14-16-8-10-27(11-9-16)22(29)12-17-6-7-18(24)13-20(17)25/h2-7,13,16H,8-12,14H2,1H3. The summed E-state index contributed by atoms with van der Waals surface area (Å²) in [7, 11) is 0. The Balaban J connectivity index is 1.40. The molecule has 0 unspecified atom stereocenters. The minimum absolute atomic E-state index is 0.0385. The molecular formula is C23H23F2N3O2. The largest absolute Gasteiger partial charge is 0.342 e. The molecule has 4 rings (SSSR count). The van der Waals surface area contributed by atoms with Gasteiger partial charge in [0.2, 0.25) is 5.91 Å². The van der Waals surface area contributed by atoms with Crippen molar-refractivity contribution in [2.45, 2.75) is 32.7 Å². The number of rotatable bonds is 4. The molecule has 2 heterocycles. The van der Waals surface area contributed by atoms with E-state index in [0.29, 0.717) is 36.4 Å². The van der Waals surface area contributed by atoms with E-state index < -0.39 is 11.6 Å². The number of piperidine rings is 1. The van der Waals surface area contributed by atoms with Crippen molar-refractivity contribution in [3.05, 3.63) is 75.8 Å². The number of para-hydroxylation sites is 1. The van der Waals surface area contributed by atoms with E-state index >= 15 is 0 Å². The zero-order valence-corrected chi connectivity index (χ0v) is 16.8. The molecule has 1 aliphatic heterocycles. The molecule has 5 nitrogen and oxygen atoms in total. The number of hydrogen-bond acceptors (Lipinski definition) is 3. The number of fused-ring (bicyclic) bond motifs is 1. The van der Waals surface area contributed by atoms with E-state index in [4.69, 9.17) is 0 Å². The molecule has 1 amide bonds. The molecule has 7 heteroatoms. The van der Waals surface area contributed by atoms with Crippen LogP contribution in [0, 0.1) is 24.5 Å². The van der Waals surface area contributed by atoms with E-state index in [1.165, 1.54) is 6.07 Å². The number of benzene rings is 2. The number of hydrogen-bond donors (Lipinski definition) is 0. The van der Waals surface area contributed by atoms with Crippen molar-refractivity contribution in [1.82, 2.24) is 14.5 Å². The Hall–Kier alpha value is -3.09. The number of carbonyl (C=O) groups excluding carboxylic acids is 1. The lowest BCUT2D eigenvalue weighted by Crippen LogP contribution is -2.41. The highest BCUT2D eigenvalue weighted by Gasteiger charge is 2.24. The van der Waals surface area contributed by atoms with E-state index in [2.05, 4.69) is 4.98 Å². The minimum Gasteiger partial charge on any atom is -0.342 e. The molecule has 1 aromatic heterocycles. The zero-order valence-electron chi connectivity index (χ0n) is 16.8. The SMILES string of the molecule is Cc1nc2ccccc2c(=O)n1CC1CCN(C(=O)Cc2ccc(F)cc2F)CC1. The highest BCUT2D eigenvalue weighted by atomic mass is 19.1. The quantitative estimate of drug-likeness (QED) is 0.661. The maximum Gasteiger partial charge on any atom is 0.261 e. The Kier molecular flexibility index (Phi) is 5.61. The zero-order chi connectivity index (χ0) is 21.3. The second-order valence-electron chi connectivity index (χ2n) is 7.83. The predicted molar refractivity (Wildman–Crippen MR) is 110 cm³/mol. The van der Waals surface area contributed by atoms with Crippen LogP contribution in [0.25, 0.3) is 10.9 Å². The van der Waals surface area contributed by atoms with Gasteiger partial charge in [-0.2, -0.15) is 0 Å². The Labute approximate surface area is 173 Å². The molecule has 1 aliphatic rings. The molecular weight excluding hydrogens is 388 g/mol. The first-order chi connectivity index (χ1) is 14.4. The number of likely N-dealkylation sites (tertiary alicyclic amines) is 1. The van der Waals surface area contributed by atoms with Gasteiger partial charge in [0.25, 0.3) is 5.56 Å². The van der Waals surface area contributed by atoms with Crippen molar-refractivity contribution in [2.24, 2.45) is 5.92 Å². The van der Waals surface area contributed by atoms with E-state index in [-0.39, 0.29) is 29.4 Å². The monoisotopic (exact) mass is 411 g/mol. The third-order valence-electron chi connectivity index (χ3n) is 5.82. The predicted octanol–water partition coefficient (Wildman–Crippen LogP) is 3.46. The van der Waals surface area contributed by atoms with E-state index in [9.17, 15) is 18.4 Å². The van der Waals surface area contributed by atoms with Crippen LogP contribution in [0.1, 0.15) is 24.2 Å². The fraction of sp³-hybridized carbons (Fsp3) is 0.348. The normalized spacial score (nSPS) is 15.0. The number of aryl methyl sites for hydroxylation is 1. The minimum atomic E-state index is -0.697. The van der Waals surface area contributed by atoms with Crippen molar-refractivity contribution in [3.8, 4) is 0 Å². The fourth-order valence-corrected chi connectivity index (χ4v) is 4.06. The Bertz CT molecular complexity index is 1150. The number of amides is 1. The van der Waals surface area contributed by atoms with Crippen LogP contribution in [0.4, 0.5) is 8.78 Å². The van der Waals surface area contributed by atoms with Crippen LogP contribution in [0.15, 0.2) is 47.3 Å². The Morgan fingerprint density at radius 3 is 2.60 bits per heavy atom. The van der Waals surface area contributed by atoms with Gasteiger partial charge < -0.3 is 4.90 Å². The van der Waals surface area contributed by atoms with E-state index in [1.807, 2.05) is 25.1 Å². The summed E-state index contributed by atoms with van der Waals surface area (Å²) in [5, 5.41) is 0.608. The molecule has 2 aromatic carbocycles. The van der Waals surface area contributed by atoms with E-state index in [1.54, 1.807) is 15.5 Å². The van der Waals surface area contributed by atoms with Crippen LogP contribution in [0.3, 0.4) is 0 Å². The number of halogens is 2. The van der Waals surface area contributed by atoms with Gasteiger partial charge in [-0.3, -0.25) is 14.2 Å². The molecule has 1 fully saturated rings. The third kappa shape index (κ3) is 4.10. The molecule has 0 spiro atoms. The highest BCUT2D eigenvalue weighted by Crippen LogP contribution is 2.21. The molecule has 0 saturated carbocycles. The molecule has 0 radical (unpaired) electrons. The molecule has 156 valence electrons. The lowest BCUT2D eigenvalue weighted by Gasteiger charge is -2.32. The van der Waals surface area contributed by atoms with Gasteiger partial charge in [-0.25, -0.2) is 13.8 Å². The summed E-state index contributed by atoms with van der Waals surface area (Å²) >= 11 is 0. The Morgan fingerprint density at radius 2 is 1.87 bits per heavy atom. The molecule has 30 heavy (non-hydrogen) atoms. The van der Waals surface area contributed by atoms with Crippen molar-refractivity contribution in [1.29, 1.82) is 0 Å². The summed E-state index contributed by atoms with van der Waals surface area (Å²) in [5.41, 5.74) is 0.862. The van der Waals surface area contributed by atoms with Crippen LogP contribution in [-0.2, 0) is 17.8 Å². The highest BCUT2D eigenvalue weighted by molar-refractivity contribution is 5.79. The second kappa shape index (κ2) is 8.34. The third-order valence-corrected chi connectivity index (χ3v) is 5.82. The van der Waals surface area contributed by atoms with Gasteiger partial charge in [-0.1, -0.05) is 18.2 Å². The fourth-order valence-electron chi connectivity index (χ4n) is 4.06. The average molecular weight is 411 g/mol. The van der Waals surface area contributed by atoms with Crippen LogP contribution in [-0.4, -0.2) is 33.4 Å². The Morgan fingerprint density at radius 1 is 1.13 bits per heavy atom. The first-order valence-electron chi connectivity index (χ1n) is 10.1. The molecule has 0 bridgehead atoms. The van der Waals surface area contributed by atoms with E-state index in [0.717, 1.165) is 25.0 Å². The van der Waals surface area contributed by atoms with Crippen molar-refractivity contribution in [3.63, 3.8) is 0 Å². The van der Waals surface area contributed by atoms with Crippen LogP contribution in [0.2, 0.25) is 0 Å². The molecule has 3 aromatic rings. The van der Waals surface area contributed by atoms with Gasteiger partial charge in [-0.05, 0) is 49.4 Å². The molecule has 0 N–H and O–H groups in total. The number of nitrogens with zero attached hydrogens (tertiary/aromatic N) is 3. The van der Waals surface area contributed by atoms with Gasteiger partial charge in [0.05, 0.1) is 17.3 Å². The number of aromatic nitrogens is 2. The summed E-state index contributed by atoms with van der Waals surface area (Å²) in [5.74, 6) is -0.574. The van der Waals surface area contributed by atoms with Crippen LogP contribution >= 0.6 is 0 Å². The smallest absolute Gasteiger partial charge is 0.261 e. The lowest BCUT2D eigenvalue weighted by molar-refractivity contribution is -0.132. The average Bonchev–Trinajstić information content (AvgIpc) is 2.73. The summed E-state index contributed by atoms with van der Waals surface area (Å²) in [6, 6.07) is 10.6. The topological polar surface area (TPSA) is 55.2 Å². The first-order valence-corrected chi connectivity index (χ1v) is 10.1. The summed E-state index contributed by atoms with van der Waals surface area (Å²) < 4.78 is 28.6. The van der Waals surface area contributed by atoms with Gasteiger partial charge in [0.15, 0.2) is 0 Å². The van der Waals surface area contributed by atoms with Gasteiger partial charge in [-0.15, -0.1) is 0 Å². The number of carbonyl (C=O) groups is 1. The van der Waals surface area contributed by atoms with Gasteiger partial charge in [0.1, 0.15) is 17.5 Å². The van der Waals surface area contributed by atoms with Gasteiger partial charge >= 0.3 is 0 Å². The van der Waals surface area contributed by atoms with Gasteiger partial charge in [0, 0.05) is 25.7 Å². The molecule has 0 aliphatic carbocycles. The van der Waals surface area contributed by atoms with Crippen molar-refractivity contribution < 1.29 is 13.6 Å². The maximum atomic E-state index is 13.8. The molecule has 1 saturated heterocycles. The molecule has 0 atom stereocenters. The summed E-state index contributed by atoms with van der Waals surface area (Å²) in [6.45, 7) is 3.52. The maximum absolute atomic E-state index is 13.8. The summed E-state index contributed by atoms with van der Waals surface area (Å²) in [6.07, 6.45) is 1.44. The summed E-state index contributed by atoms with van der Waals surface area (Å²) in [4.78, 5) is 31.6. The first kappa shape index (κ1) is 20.2. The lowest BCUT2D eigenvalue weighted by atomic mass is 9.96. The second-order valence-corrected chi connectivity index (χ2v) is 7.83. The van der Waals surface area contributed by atoms with Crippen molar-refractivity contribution in [2.75, 3.05) is 13.1 Å².